The molecule has 1 aliphatic heterocycles. The van der Waals surface area contributed by atoms with E-state index in [1.807, 2.05) is 12.1 Å². The van der Waals surface area contributed by atoms with Crippen molar-refractivity contribution < 1.29 is 14.3 Å². The van der Waals surface area contributed by atoms with Crippen molar-refractivity contribution in [3.05, 3.63) is 93.7 Å². The van der Waals surface area contributed by atoms with Crippen LogP contribution in [0.25, 0.3) is 5.69 Å². The van der Waals surface area contributed by atoms with Gasteiger partial charge in [-0.15, -0.1) is 0 Å². The Kier molecular flexibility index (Phi) is 5.40. The van der Waals surface area contributed by atoms with E-state index in [4.69, 9.17) is 0 Å². The zero-order valence-electron chi connectivity index (χ0n) is 16.7. The van der Waals surface area contributed by atoms with Crippen molar-refractivity contribution in [2.45, 2.75) is 25.7 Å². The fraction of sp³-hybridized carbons (Fsp3) is 0.250. The van der Waals surface area contributed by atoms with Gasteiger partial charge in [0.2, 0.25) is 0 Å². The number of hydrogen-bond donors (Lipinski definition) is 1. The third-order valence-corrected chi connectivity index (χ3v) is 5.77. The molecule has 0 radical (unpaired) electrons. The number of amides is 1. The lowest BCUT2D eigenvalue weighted by atomic mass is 9.89. The fourth-order valence-corrected chi connectivity index (χ4v) is 4.01. The van der Waals surface area contributed by atoms with E-state index < -0.39 is 5.56 Å². The molecule has 2 aromatic carbocycles. The highest BCUT2D eigenvalue weighted by Crippen LogP contribution is 2.29. The van der Waals surface area contributed by atoms with Crippen LogP contribution in [0.3, 0.4) is 0 Å². The van der Waals surface area contributed by atoms with Gasteiger partial charge in [0, 0.05) is 25.0 Å². The lowest BCUT2D eigenvalue weighted by molar-refractivity contribution is 0.0710. The average Bonchev–Trinajstić information content (AvgIpc) is 2.75. The number of halogens is 1. The summed E-state index contributed by atoms with van der Waals surface area (Å²) in [5.74, 6) is -0.0874. The quantitative estimate of drug-likeness (QED) is 0.715. The standard InChI is InChI=1S/C24H23FN2O3/c1-16-10-15-27(20-6-4-19(25)5-7-20)24(30)22(16)23(29)26-13-11-18(12-14-26)17-2-8-21(28)9-3-17/h2-10,15,18,28H,11-14H2,1H3. The number of aromatic hydroxyl groups is 1. The van der Waals surface area contributed by atoms with Crippen LogP contribution in [0.1, 0.15) is 40.2 Å². The lowest BCUT2D eigenvalue weighted by Crippen LogP contribution is -2.41. The number of aryl methyl sites for hydroxylation is 1. The minimum atomic E-state index is -0.396. The number of pyridine rings is 1. The summed E-state index contributed by atoms with van der Waals surface area (Å²) in [6.45, 7) is 2.89. The Labute approximate surface area is 174 Å². The molecule has 30 heavy (non-hydrogen) atoms. The van der Waals surface area contributed by atoms with Crippen molar-refractivity contribution in [1.82, 2.24) is 9.47 Å². The first-order valence-electron chi connectivity index (χ1n) is 10.0. The molecule has 5 nitrogen and oxygen atoms in total. The van der Waals surface area contributed by atoms with E-state index in [0.717, 1.165) is 18.4 Å². The van der Waals surface area contributed by atoms with E-state index >= 15 is 0 Å². The van der Waals surface area contributed by atoms with E-state index in [9.17, 15) is 19.1 Å². The maximum absolute atomic E-state index is 13.2. The molecule has 2 heterocycles. The number of benzene rings is 2. The van der Waals surface area contributed by atoms with Gasteiger partial charge in [-0.25, -0.2) is 4.39 Å². The number of carbonyl (C=O) groups excluding carboxylic acids is 1. The molecule has 0 spiro atoms. The van der Waals surface area contributed by atoms with Crippen molar-refractivity contribution >= 4 is 5.91 Å². The molecule has 0 bridgehead atoms. The summed E-state index contributed by atoms with van der Waals surface area (Å²) in [6, 6.07) is 14.5. The predicted molar refractivity (Wildman–Crippen MR) is 113 cm³/mol. The number of aromatic nitrogens is 1. The molecule has 1 fully saturated rings. The molecule has 4 rings (SSSR count). The van der Waals surface area contributed by atoms with Crippen LogP contribution in [0, 0.1) is 12.7 Å². The third kappa shape index (κ3) is 3.85. The highest BCUT2D eigenvalue weighted by atomic mass is 19.1. The van der Waals surface area contributed by atoms with Crippen molar-refractivity contribution in [1.29, 1.82) is 0 Å². The zero-order valence-corrected chi connectivity index (χ0v) is 16.7. The Balaban J connectivity index is 1.55. The van der Waals surface area contributed by atoms with Crippen molar-refractivity contribution in [3.8, 4) is 11.4 Å². The Hall–Kier alpha value is -3.41. The monoisotopic (exact) mass is 406 g/mol. The van der Waals surface area contributed by atoms with Gasteiger partial charge in [-0.05, 0) is 79.3 Å². The van der Waals surface area contributed by atoms with E-state index in [0.29, 0.717) is 30.3 Å². The summed E-state index contributed by atoms with van der Waals surface area (Å²) in [6.07, 6.45) is 3.21. The van der Waals surface area contributed by atoms with Crippen molar-refractivity contribution in [2.75, 3.05) is 13.1 Å². The number of piperidine rings is 1. The molecule has 0 atom stereocenters. The van der Waals surface area contributed by atoms with Crippen LogP contribution in [0.4, 0.5) is 4.39 Å². The molecule has 1 aromatic heterocycles. The molecular weight excluding hydrogens is 383 g/mol. The van der Waals surface area contributed by atoms with Gasteiger partial charge in [-0.1, -0.05) is 12.1 Å². The third-order valence-electron chi connectivity index (χ3n) is 5.77. The molecule has 154 valence electrons. The predicted octanol–water partition coefficient (Wildman–Crippen LogP) is 4.01. The van der Waals surface area contributed by atoms with Crippen LogP contribution in [0.5, 0.6) is 5.75 Å². The van der Waals surface area contributed by atoms with Gasteiger partial charge in [0.25, 0.3) is 11.5 Å². The van der Waals surface area contributed by atoms with Crippen molar-refractivity contribution in [2.24, 2.45) is 0 Å². The van der Waals surface area contributed by atoms with E-state index in [1.54, 1.807) is 36.2 Å². The summed E-state index contributed by atoms with van der Waals surface area (Å²) in [4.78, 5) is 28.0. The van der Waals surface area contributed by atoms with Crippen LogP contribution < -0.4 is 5.56 Å². The summed E-state index contributed by atoms with van der Waals surface area (Å²) >= 11 is 0. The Morgan fingerprint density at radius 2 is 1.63 bits per heavy atom. The minimum Gasteiger partial charge on any atom is -0.508 e. The number of likely N-dealkylation sites (tertiary alicyclic amines) is 1. The normalized spacial score (nSPS) is 14.7. The Morgan fingerprint density at radius 3 is 2.27 bits per heavy atom. The van der Waals surface area contributed by atoms with Crippen molar-refractivity contribution in [3.63, 3.8) is 0 Å². The van der Waals surface area contributed by atoms with Gasteiger partial charge in [0.05, 0.1) is 0 Å². The van der Waals surface area contributed by atoms with Crippen LogP contribution >= 0.6 is 0 Å². The van der Waals surface area contributed by atoms with Gasteiger partial charge < -0.3 is 10.0 Å². The van der Waals surface area contributed by atoms with E-state index in [2.05, 4.69) is 0 Å². The number of phenols is 1. The smallest absolute Gasteiger partial charge is 0.268 e. The lowest BCUT2D eigenvalue weighted by Gasteiger charge is -2.32. The molecule has 0 saturated carbocycles. The second kappa shape index (κ2) is 8.14. The molecule has 0 aliphatic carbocycles. The second-order valence-corrected chi connectivity index (χ2v) is 7.68. The van der Waals surface area contributed by atoms with Gasteiger partial charge in [-0.2, -0.15) is 0 Å². The molecule has 1 saturated heterocycles. The summed E-state index contributed by atoms with van der Waals surface area (Å²) in [5, 5.41) is 9.46. The first-order chi connectivity index (χ1) is 14.4. The number of phenolic OH excluding ortho intramolecular Hbond substituents is 1. The number of nitrogens with zero attached hydrogens (tertiary/aromatic N) is 2. The van der Waals surface area contributed by atoms with Gasteiger partial charge >= 0.3 is 0 Å². The summed E-state index contributed by atoms with van der Waals surface area (Å²) in [5.41, 5.74) is 2.05. The van der Waals surface area contributed by atoms with Gasteiger partial charge in [-0.3, -0.25) is 14.2 Å². The van der Waals surface area contributed by atoms with E-state index in [-0.39, 0.29) is 23.0 Å². The topological polar surface area (TPSA) is 62.5 Å². The fourth-order valence-electron chi connectivity index (χ4n) is 4.01. The molecule has 1 N–H and O–H groups in total. The SMILES string of the molecule is Cc1ccn(-c2ccc(F)cc2)c(=O)c1C(=O)N1CCC(c2ccc(O)cc2)CC1. The minimum absolute atomic E-state index is 0.157. The molecule has 1 amide bonds. The number of carbonyl (C=O) groups is 1. The maximum Gasteiger partial charge on any atom is 0.268 e. The Bertz CT molecular complexity index is 1110. The second-order valence-electron chi connectivity index (χ2n) is 7.68. The van der Waals surface area contributed by atoms with Gasteiger partial charge in [0.1, 0.15) is 17.1 Å². The molecule has 6 heteroatoms. The Morgan fingerprint density at radius 1 is 1.00 bits per heavy atom. The van der Waals surface area contributed by atoms with Crippen LogP contribution in [-0.4, -0.2) is 33.6 Å². The number of rotatable bonds is 3. The van der Waals surface area contributed by atoms with E-state index in [1.165, 1.54) is 28.8 Å². The highest BCUT2D eigenvalue weighted by Gasteiger charge is 2.27. The van der Waals surface area contributed by atoms with Crippen LogP contribution in [0.15, 0.2) is 65.6 Å². The first kappa shape index (κ1) is 19.9. The summed E-state index contributed by atoms with van der Waals surface area (Å²) in [7, 11) is 0. The van der Waals surface area contributed by atoms with Crippen LogP contribution in [0.2, 0.25) is 0 Å². The zero-order chi connectivity index (χ0) is 21.3. The molecule has 3 aromatic rings. The molecular formula is C24H23FN2O3. The van der Waals surface area contributed by atoms with Gasteiger partial charge in [0.15, 0.2) is 0 Å². The largest absolute Gasteiger partial charge is 0.508 e. The first-order valence-corrected chi connectivity index (χ1v) is 10.0. The summed E-state index contributed by atoms with van der Waals surface area (Å²) < 4.78 is 14.6. The maximum atomic E-state index is 13.2. The molecule has 1 aliphatic rings. The highest BCUT2D eigenvalue weighted by molar-refractivity contribution is 5.95. The number of hydrogen-bond acceptors (Lipinski definition) is 3. The van der Waals surface area contributed by atoms with Crippen LogP contribution in [-0.2, 0) is 0 Å². The average molecular weight is 406 g/mol. The molecule has 0 unspecified atom stereocenters.